The van der Waals surface area contributed by atoms with E-state index in [1.807, 2.05) is 13.8 Å². The Kier molecular flexibility index (Phi) is 2.16. The van der Waals surface area contributed by atoms with E-state index in [9.17, 15) is 5.11 Å². The van der Waals surface area contributed by atoms with Crippen molar-refractivity contribution in [2.45, 2.75) is 57.2 Å². The van der Waals surface area contributed by atoms with Gasteiger partial charge in [-0.25, -0.2) is 0 Å². The molecule has 13 heavy (non-hydrogen) atoms. The highest BCUT2D eigenvalue weighted by Gasteiger charge is 2.45. The zero-order valence-corrected chi connectivity index (χ0v) is 8.68. The summed E-state index contributed by atoms with van der Waals surface area (Å²) in [7, 11) is 0. The Morgan fingerprint density at radius 3 is 2.54 bits per heavy atom. The minimum atomic E-state index is -0.521. The van der Waals surface area contributed by atoms with Crippen molar-refractivity contribution in [2.75, 3.05) is 6.61 Å². The molecule has 0 radical (unpaired) electrons. The van der Waals surface area contributed by atoms with Gasteiger partial charge in [0.1, 0.15) is 0 Å². The zero-order valence-electron chi connectivity index (χ0n) is 8.68. The first-order chi connectivity index (χ1) is 6.02. The van der Waals surface area contributed by atoms with Crippen LogP contribution in [-0.2, 0) is 4.74 Å². The highest BCUT2D eigenvalue weighted by atomic mass is 16.5. The summed E-state index contributed by atoms with van der Waals surface area (Å²) in [5, 5.41) is 9.94. The summed E-state index contributed by atoms with van der Waals surface area (Å²) < 4.78 is 5.82. The molecule has 0 bridgehead atoms. The van der Waals surface area contributed by atoms with E-state index >= 15 is 0 Å². The van der Waals surface area contributed by atoms with Gasteiger partial charge >= 0.3 is 0 Å². The van der Waals surface area contributed by atoms with Crippen molar-refractivity contribution in [3.05, 3.63) is 0 Å². The highest BCUT2D eigenvalue weighted by molar-refractivity contribution is 4.97. The van der Waals surface area contributed by atoms with Crippen molar-refractivity contribution in [1.29, 1.82) is 0 Å². The lowest BCUT2D eigenvalue weighted by atomic mass is 9.68. The molecular weight excluding hydrogens is 164 g/mol. The number of aliphatic hydroxyl groups is 1. The summed E-state index contributed by atoms with van der Waals surface area (Å²) in [6.45, 7) is 4.69. The molecule has 2 nitrogen and oxygen atoms in total. The largest absolute Gasteiger partial charge is 0.390 e. The Morgan fingerprint density at radius 2 is 2.08 bits per heavy atom. The van der Waals surface area contributed by atoms with Crippen LogP contribution in [0.2, 0.25) is 0 Å². The fourth-order valence-electron chi connectivity index (χ4n) is 2.55. The molecule has 2 heteroatoms. The Labute approximate surface area is 80.3 Å². The van der Waals surface area contributed by atoms with E-state index in [0.717, 1.165) is 19.4 Å². The van der Waals surface area contributed by atoms with Gasteiger partial charge in [0.2, 0.25) is 0 Å². The molecule has 1 atom stereocenters. The van der Waals surface area contributed by atoms with Gasteiger partial charge in [0.15, 0.2) is 0 Å². The van der Waals surface area contributed by atoms with Crippen LogP contribution in [-0.4, -0.2) is 22.9 Å². The predicted octanol–water partition coefficient (Wildman–Crippen LogP) is 2.11. The van der Waals surface area contributed by atoms with Gasteiger partial charge in [0, 0.05) is 6.61 Å². The maximum Gasteiger partial charge on any atom is 0.0686 e. The highest BCUT2D eigenvalue weighted by Crippen LogP contribution is 2.46. The standard InChI is InChI=1S/C11H20O2/c1-10(2,12)9-4-7-13-11(8-9)5-3-6-11/h9,12H,3-8H2,1-2H3. The van der Waals surface area contributed by atoms with E-state index in [2.05, 4.69) is 0 Å². The number of hydrogen-bond donors (Lipinski definition) is 1. The lowest BCUT2D eigenvalue weighted by Crippen LogP contribution is -2.49. The molecule has 76 valence electrons. The number of rotatable bonds is 1. The third kappa shape index (κ3) is 1.75. The normalized spacial score (nSPS) is 33.0. The Bertz CT molecular complexity index is 189. The molecule has 1 heterocycles. The minimum Gasteiger partial charge on any atom is -0.390 e. The van der Waals surface area contributed by atoms with Crippen molar-refractivity contribution in [2.24, 2.45) is 5.92 Å². The molecular formula is C11H20O2. The van der Waals surface area contributed by atoms with Crippen molar-refractivity contribution in [3.8, 4) is 0 Å². The lowest BCUT2D eigenvalue weighted by molar-refractivity contribution is -0.169. The van der Waals surface area contributed by atoms with Crippen LogP contribution in [0.25, 0.3) is 0 Å². The summed E-state index contributed by atoms with van der Waals surface area (Å²) >= 11 is 0. The lowest BCUT2D eigenvalue weighted by Gasteiger charge is -2.49. The van der Waals surface area contributed by atoms with Crippen LogP contribution in [0.3, 0.4) is 0 Å². The molecule has 2 fully saturated rings. The molecule has 0 aromatic heterocycles. The summed E-state index contributed by atoms with van der Waals surface area (Å²) in [5.41, 5.74) is -0.352. The van der Waals surface area contributed by atoms with Gasteiger partial charge in [-0.05, 0) is 51.9 Å². The third-order valence-corrected chi connectivity index (χ3v) is 3.76. The van der Waals surface area contributed by atoms with Gasteiger partial charge in [0.05, 0.1) is 11.2 Å². The number of hydrogen-bond acceptors (Lipinski definition) is 2. The summed E-state index contributed by atoms with van der Waals surface area (Å²) in [4.78, 5) is 0. The second-order valence-electron chi connectivity index (χ2n) is 5.23. The van der Waals surface area contributed by atoms with Crippen LogP contribution >= 0.6 is 0 Å². The fourth-order valence-corrected chi connectivity index (χ4v) is 2.55. The average molecular weight is 184 g/mol. The molecule has 1 saturated heterocycles. The van der Waals surface area contributed by atoms with Crippen molar-refractivity contribution < 1.29 is 9.84 Å². The monoisotopic (exact) mass is 184 g/mol. The molecule has 1 saturated carbocycles. The summed E-state index contributed by atoms with van der Waals surface area (Å²) in [6.07, 6.45) is 5.81. The van der Waals surface area contributed by atoms with Crippen LogP contribution in [0.15, 0.2) is 0 Å². The van der Waals surface area contributed by atoms with Crippen LogP contribution in [0.1, 0.15) is 46.0 Å². The molecule has 0 aromatic rings. The molecule has 0 aromatic carbocycles. The van der Waals surface area contributed by atoms with Crippen LogP contribution in [0, 0.1) is 5.92 Å². The van der Waals surface area contributed by atoms with Crippen LogP contribution < -0.4 is 0 Å². The topological polar surface area (TPSA) is 29.5 Å². The van der Waals surface area contributed by atoms with E-state index < -0.39 is 5.60 Å². The summed E-state index contributed by atoms with van der Waals surface area (Å²) in [6, 6.07) is 0. The molecule has 1 N–H and O–H groups in total. The van der Waals surface area contributed by atoms with Gasteiger partial charge < -0.3 is 9.84 Å². The van der Waals surface area contributed by atoms with Crippen LogP contribution in [0.4, 0.5) is 0 Å². The van der Waals surface area contributed by atoms with E-state index in [4.69, 9.17) is 4.74 Å². The quantitative estimate of drug-likeness (QED) is 0.676. The van der Waals surface area contributed by atoms with E-state index in [0.29, 0.717) is 5.92 Å². The summed E-state index contributed by atoms with van der Waals surface area (Å²) in [5.74, 6) is 0.432. The molecule has 0 amide bonds. The first kappa shape index (κ1) is 9.47. The minimum absolute atomic E-state index is 0.170. The van der Waals surface area contributed by atoms with Gasteiger partial charge in [-0.1, -0.05) is 0 Å². The van der Waals surface area contributed by atoms with Crippen molar-refractivity contribution in [1.82, 2.24) is 0 Å². The Morgan fingerprint density at radius 1 is 1.38 bits per heavy atom. The van der Waals surface area contributed by atoms with Gasteiger partial charge in [-0.2, -0.15) is 0 Å². The second kappa shape index (κ2) is 2.96. The first-order valence-corrected chi connectivity index (χ1v) is 5.38. The van der Waals surface area contributed by atoms with Crippen LogP contribution in [0.5, 0.6) is 0 Å². The molecule has 2 aliphatic rings. The average Bonchev–Trinajstić information content (AvgIpc) is 2.00. The van der Waals surface area contributed by atoms with E-state index in [1.54, 1.807) is 0 Å². The van der Waals surface area contributed by atoms with E-state index in [1.165, 1.54) is 19.3 Å². The number of ether oxygens (including phenoxy) is 1. The molecule has 1 unspecified atom stereocenters. The Hall–Kier alpha value is -0.0800. The van der Waals surface area contributed by atoms with Crippen molar-refractivity contribution in [3.63, 3.8) is 0 Å². The van der Waals surface area contributed by atoms with Gasteiger partial charge in [-0.3, -0.25) is 0 Å². The Balaban J connectivity index is 2.00. The van der Waals surface area contributed by atoms with Gasteiger partial charge in [0.25, 0.3) is 0 Å². The second-order valence-corrected chi connectivity index (χ2v) is 5.23. The maximum absolute atomic E-state index is 9.94. The zero-order chi connectivity index (χ0) is 9.53. The molecule has 1 aliphatic heterocycles. The van der Waals surface area contributed by atoms with Crippen molar-refractivity contribution >= 4 is 0 Å². The van der Waals surface area contributed by atoms with E-state index in [-0.39, 0.29) is 5.60 Å². The smallest absolute Gasteiger partial charge is 0.0686 e. The first-order valence-electron chi connectivity index (χ1n) is 5.38. The predicted molar refractivity (Wildman–Crippen MR) is 51.6 cm³/mol. The fraction of sp³-hybridized carbons (Fsp3) is 1.00. The molecule has 1 aliphatic carbocycles. The van der Waals surface area contributed by atoms with Gasteiger partial charge in [-0.15, -0.1) is 0 Å². The molecule has 2 rings (SSSR count). The maximum atomic E-state index is 9.94. The molecule has 1 spiro atoms. The SMILES string of the molecule is CC(C)(O)C1CCOC2(CCC2)C1. The third-order valence-electron chi connectivity index (χ3n) is 3.76.